The summed E-state index contributed by atoms with van der Waals surface area (Å²) in [4.78, 5) is 34.6. The zero-order chi connectivity index (χ0) is 53.3. The van der Waals surface area contributed by atoms with Crippen LogP contribution in [0.2, 0.25) is 10.0 Å². The molecule has 0 bridgehead atoms. The zero-order valence-electron chi connectivity index (χ0n) is 45.4. The number of hydrogen-bond acceptors (Lipinski definition) is 8. The number of methoxy groups -OCH3 is 1. The predicted molar refractivity (Wildman–Crippen MR) is 293 cm³/mol. The number of ether oxygens (including phenoxy) is 2. The monoisotopic (exact) mass is 1080 g/mol. The number of halogens is 4. The Balaban J connectivity index is 1.58. The van der Waals surface area contributed by atoms with Crippen LogP contribution in [0.4, 0.5) is 18.4 Å². The van der Waals surface area contributed by atoms with Crippen molar-refractivity contribution in [2.45, 2.75) is 178 Å². The number of unbranched alkanes of at least 4 members (excludes halogenated alkanes) is 2. The molecule has 74 heavy (non-hydrogen) atoms. The molecule has 2 unspecified atom stereocenters. The number of nitrogens with zero attached hydrogens (tertiary/aromatic N) is 2. The molecule has 16 heteroatoms. The summed E-state index contributed by atoms with van der Waals surface area (Å²) in [7, 11) is 5.38. The molecule has 4 amide bonds. The van der Waals surface area contributed by atoms with Crippen molar-refractivity contribution >= 4 is 35.3 Å². The first-order valence-electron chi connectivity index (χ1n) is 28.5. The number of piperidine rings is 2. The highest BCUT2D eigenvalue weighted by atomic mass is 35.5. The van der Waals surface area contributed by atoms with E-state index in [-0.39, 0.29) is 77.7 Å². The SMILES string of the molecule is CCOCCCC[C@@](O)(c1cccc(Cl)c1F)[C@]1(C2C([C@@](O)(CCCCOC)c3cccc(Cl)c3F)CCCN2C(=O)N[C@H](CNC)C[C@H]2CC[C@H](C)CC2)CCCN(C(=O)N[C@H](CNC)CC2CCCCC2)C1. The zero-order valence-corrected chi connectivity index (χ0v) is 47.0. The maximum absolute atomic E-state index is 17.4. The molecule has 2 heterocycles. The van der Waals surface area contributed by atoms with Crippen molar-refractivity contribution in [3.05, 3.63) is 69.2 Å². The number of nitrogens with one attached hydrogen (secondary N) is 4. The van der Waals surface area contributed by atoms with E-state index in [0.29, 0.717) is 102 Å². The van der Waals surface area contributed by atoms with E-state index in [1.54, 1.807) is 41.2 Å². The lowest BCUT2D eigenvalue weighted by Crippen LogP contribution is -2.72. The molecule has 2 saturated heterocycles. The normalized spacial score (nSPS) is 25.4. The van der Waals surface area contributed by atoms with Gasteiger partial charge in [-0.05, 0) is 128 Å². The highest BCUT2D eigenvalue weighted by molar-refractivity contribution is 6.31. The molecule has 6 rings (SSSR count). The quantitative estimate of drug-likeness (QED) is 0.0511. The average Bonchev–Trinajstić information content (AvgIpc) is 3.39. The van der Waals surface area contributed by atoms with Gasteiger partial charge in [-0.1, -0.05) is 112 Å². The fraction of sp³-hybridized carbons (Fsp3) is 0.759. The topological polar surface area (TPSA) is 148 Å². The van der Waals surface area contributed by atoms with E-state index in [4.69, 9.17) is 32.7 Å². The van der Waals surface area contributed by atoms with Crippen LogP contribution in [0.1, 0.15) is 160 Å². The third-order valence-corrected chi connectivity index (χ3v) is 18.2. The van der Waals surface area contributed by atoms with Crippen LogP contribution in [0.15, 0.2) is 36.4 Å². The molecule has 0 aromatic heterocycles. The Morgan fingerprint density at radius 3 is 1.99 bits per heavy atom. The van der Waals surface area contributed by atoms with E-state index in [9.17, 15) is 10.2 Å². The summed E-state index contributed by atoms with van der Waals surface area (Å²) in [6.07, 6.45) is 15.1. The van der Waals surface area contributed by atoms with Gasteiger partial charge in [-0.15, -0.1) is 0 Å². The van der Waals surface area contributed by atoms with Crippen molar-refractivity contribution in [2.24, 2.45) is 29.1 Å². The fourth-order valence-electron chi connectivity index (χ4n) is 13.9. The van der Waals surface area contributed by atoms with E-state index in [1.165, 1.54) is 31.4 Å². The first-order chi connectivity index (χ1) is 35.7. The Morgan fingerprint density at radius 2 is 1.35 bits per heavy atom. The molecule has 2 aromatic rings. The van der Waals surface area contributed by atoms with Crippen LogP contribution in [0, 0.1) is 40.7 Å². The van der Waals surface area contributed by atoms with Crippen molar-refractivity contribution in [3.8, 4) is 0 Å². The lowest BCUT2D eigenvalue weighted by atomic mass is 9.52. The fourth-order valence-corrected chi connectivity index (χ4v) is 14.2. The second-order valence-corrected chi connectivity index (χ2v) is 23.5. The highest BCUT2D eigenvalue weighted by Crippen LogP contribution is 2.59. The Bertz CT molecular complexity index is 2050. The van der Waals surface area contributed by atoms with Crippen molar-refractivity contribution in [1.82, 2.24) is 31.1 Å². The largest absolute Gasteiger partial charge is 0.385 e. The van der Waals surface area contributed by atoms with Crippen molar-refractivity contribution in [2.75, 3.05) is 73.7 Å². The number of benzene rings is 2. The summed E-state index contributed by atoms with van der Waals surface area (Å²) in [6.45, 7) is 7.06. The number of aliphatic hydroxyl groups is 2. The highest BCUT2D eigenvalue weighted by Gasteiger charge is 2.65. The van der Waals surface area contributed by atoms with E-state index in [0.717, 1.165) is 51.4 Å². The maximum atomic E-state index is 17.4. The van der Waals surface area contributed by atoms with Crippen LogP contribution < -0.4 is 21.3 Å². The Morgan fingerprint density at radius 1 is 0.757 bits per heavy atom. The molecule has 2 saturated carbocycles. The summed E-state index contributed by atoms with van der Waals surface area (Å²) in [5.41, 5.74) is -5.74. The van der Waals surface area contributed by atoms with E-state index in [2.05, 4.69) is 28.2 Å². The minimum Gasteiger partial charge on any atom is -0.385 e. The predicted octanol–water partition coefficient (Wildman–Crippen LogP) is 11.3. The number of hydrogen-bond donors (Lipinski definition) is 6. The summed E-state index contributed by atoms with van der Waals surface area (Å²) in [5.74, 6) is -0.949. The van der Waals surface area contributed by atoms with E-state index < -0.39 is 40.2 Å². The maximum Gasteiger partial charge on any atom is 0.317 e. The number of likely N-dealkylation sites (N-methyl/N-ethyl adjacent to an activating group) is 2. The Labute approximate surface area is 452 Å². The first-order valence-corrected chi connectivity index (χ1v) is 29.2. The minimum absolute atomic E-state index is 0.00775. The smallest absolute Gasteiger partial charge is 0.317 e. The standard InChI is InChI=1S/C58H92Cl2F2N6O6/c1-6-74-35-13-11-31-58(72,47-21-15-24-50(60)52(47)62)56(29-17-32-67(40-56)54(69)65-44(38-63-3)36-42-18-8-7-9-19-42)53-48(57(71,30-10-12-34-73-5)46-20-14-23-49(59)51(46)61)22-16-33-68(53)55(70)66-45(39-64-4)37-43-27-25-41(2)26-28-43/h14-15,20-21,23-24,41-45,48,53,63-64,71-72H,6-13,16-19,22,25-40H2,1-5H3,(H,65,69)(H,66,70)/t41-,43-,44-,45-,48?,53?,56+,57+,58+/m0/s1. The van der Waals surface area contributed by atoms with Crippen molar-refractivity contribution < 1.29 is 38.1 Å². The number of rotatable bonds is 26. The lowest BCUT2D eigenvalue weighted by molar-refractivity contribution is -0.200. The van der Waals surface area contributed by atoms with Gasteiger partial charge in [0.05, 0.1) is 15.6 Å². The third kappa shape index (κ3) is 14.8. The van der Waals surface area contributed by atoms with Crippen LogP contribution in [0.5, 0.6) is 0 Å². The molecule has 2 aliphatic carbocycles. The van der Waals surface area contributed by atoms with Gasteiger partial charge in [0.1, 0.15) is 17.2 Å². The Kier molecular flexibility index (Phi) is 23.9. The minimum atomic E-state index is -2.12. The second-order valence-electron chi connectivity index (χ2n) is 22.7. The van der Waals surface area contributed by atoms with Gasteiger partial charge in [0.25, 0.3) is 0 Å². The molecule has 6 N–H and O–H groups in total. The van der Waals surface area contributed by atoms with Crippen LogP contribution in [0.3, 0.4) is 0 Å². The molecule has 0 radical (unpaired) electrons. The average molecular weight is 1080 g/mol. The van der Waals surface area contributed by atoms with Gasteiger partial charge in [-0.25, -0.2) is 18.4 Å². The van der Waals surface area contributed by atoms with Gasteiger partial charge in [-0.3, -0.25) is 0 Å². The molecule has 0 spiro atoms. The lowest BCUT2D eigenvalue weighted by Gasteiger charge is -2.63. The molecule has 2 aromatic carbocycles. The van der Waals surface area contributed by atoms with Gasteiger partial charge in [0, 0.05) is 100 Å². The molecule has 418 valence electrons. The van der Waals surface area contributed by atoms with Gasteiger partial charge < -0.3 is 50.8 Å². The molecule has 12 nitrogen and oxygen atoms in total. The summed E-state index contributed by atoms with van der Waals surface area (Å²) < 4.78 is 45.7. The van der Waals surface area contributed by atoms with E-state index in [1.807, 2.05) is 21.0 Å². The number of urea groups is 2. The molecule has 2 aliphatic heterocycles. The van der Waals surface area contributed by atoms with Crippen LogP contribution >= 0.6 is 23.2 Å². The number of carbonyl (C=O) groups is 2. The van der Waals surface area contributed by atoms with Gasteiger partial charge in [0.2, 0.25) is 0 Å². The second kappa shape index (κ2) is 29.2. The molecule has 7 atom stereocenters. The Hall–Kier alpha value is -2.82. The van der Waals surface area contributed by atoms with Gasteiger partial charge in [0.15, 0.2) is 0 Å². The van der Waals surface area contributed by atoms with Crippen LogP contribution in [0.25, 0.3) is 0 Å². The van der Waals surface area contributed by atoms with Crippen molar-refractivity contribution in [3.63, 3.8) is 0 Å². The summed E-state index contributed by atoms with van der Waals surface area (Å²) in [5, 5.41) is 41.6. The number of carbonyl (C=O) groups excluding carboxylic acids is 2. The molecule has 4 fully saturated rings. The van der Waals surface area contributed by atoms with Crippen molar-refractivity contribution in [1.29, 1.82) is 0 Å². The van der Waals surface area contributed by atoms with Crippen LogP contribution in [-0.2, 0) is 20.7 Å². The molecule has 4 aliphatic rings. The van der Waals surface area contributed by atoms with Gasteiger partial charge in [-0.2, -0.15) is 0 Å². The van der Waals surface area contributed by atoms with E-state index >= 15 is 18.4 Å². The van der Waals surface area contributed by atoms with Crippen LogP contribution in [-0.4, -0.2) is 124 Å². The molecular weight excluding hydrogens is 986 g/mol. The van der Waals surface area contributed by atoms with Gasteiger partial charge >= 0.3 is 12.1 Å². The number of amides is 4. The summed E-state index contributed by atoms with van der Waals surface area (Å²) >= 11 is 13.3. The number of likely N-dealkylation sites (tertiary alicyclic amines) is 2. The first kappa shape index (κ1) is 60.4. The summed E-state index contributed by atoms with van der Waals surface area (Å²) in [6, 6.07) is 7.07. The third-order valence-electron chi connectivity index (χ3n) is 17.6. The molecular formula is C58H92Cl2F2N6O6.